The van der Waals surface area contributed by atoms with Crippen LogP contribution in [0.25, 0.3) is 0 Å². The van der Waals surface area contributed by atoms with Gasteiger partial charge in [0.25, 0.3) is 0 Å². The van der Waals surface area contributed by atoms with Crippen molar-refractivity contribution >= 4 is 30.7 Å². The maximum Gasteiger partial charge on any atom is 0.240 e. The smallest absolute Gasteiger partial charge is 0.240 e. The van der Waals surface area contributed by atoms with Crippen molar-refractivity contribution in [2.75, 3.05) is 13.1 Å². The van der Waals surface area contributed by atoms with E-state index in [-0.39, 0.29) is 30.7 Å². The molecule has 0 aromatic heterocycles. The summed E-state index contributed by atoms with van der Waals surface area (Å²) < 4.78 is 0. The fourth-order valence-corrected chi connectivity index (χ4v) is 3.51. The lowest BCUT2D eigenvalue weighted by atomic mass is 9.77. The molecule has 2 unspecified atom stereocenters. The van der Waals surface area contributed by atoms with E-state index < -0.39 is 5.54 Å². The monoisotopic (exact) mass is 309 g/mol. The second-order valence-electron chi connectivity index (χ2n) is 5.98. The topological polar surface area (TPSA) is 58.4 Å². The normalized spacial score (nSPS) is 32.3. The first kappa shape index (κ1) is 17.0. The van der Waals surface area contributed by atoms with Gasteiger partial charge in [0.15, 0.2) is 0 Å². The molecule has 0 bridgehead atoms. The van der Waals surface area contributed by atoms with Crippen LogP contribution in [0.15, 0.2) is 0 Å². The van der Waals surface area contributed by atoms with Crippen LogP contribution >= 0.6 is 24.8 Å². The third-order valence-corrected chi connectivity index (χ3v) is 4.87. The lowest BCUT2D eigenvalue weighted by molar-refractivity contribution is -0.130. The second kappa shape index (κ2) is 6.61. The molecule has 1 saturated carbocycles. The quantitative estimate of drug-likeness (QED) is 0.812. The predicted octanol–water partition coefficient (Wildman–Crippen LogP) is 1.45. The summed E-state index contributed by atoms with van der Waals surface area (Å²) in [4.78, 5) is 14.7. The van der Waals surface area contributed by atoms with E-state index in [0.29, 0.717) is 12.1 Å². The van der Waals surface area contributed by atoms with Gasteiger partial charge < -0.3 is 11.1 Å². The van der Waals surface area contributed by atoms with Gasteiger partial charge in [-0.05, 0) is 45.1 Å². The molecular weight excluding hydrogens is 285 g/mol. The number of carbonyl (C=O) groups excluding carboxylic acids is 1. The Bertz CT molecular complexity index is 323. The van der Waals surface area contributed by atoms with Crippen LogP contribution in [0, 0.1) is 0 Å². The molecule has 1 aliphatic carbocycles. The molecule has 3 rings (SSSR count). The molecule has 2 atom stereocenters. The third kappa shape index (κ3) is 3.18. The van der Waals surface area contributed by atoms with Gasteiger partial charge in [0.2, 0.25) is 5.91 Å². The zero-order chi connectivity index (χ0) is 11.9. The Morgan fingerprint density at radius 2 is 1.84 bits per heavy atom. The van der Waals surface area contributed by atoms with Crippen molar-refractivity contribution in [3.8, 4) is 0 Å². The molecule has 4 nitrogen and oxygen atoms in total. The van der Waals surface area contributed by atoms with E-state index in [4.69, 9.17) is 5.73 Å². The van der Waals surface area contributed by atoms with Gasteiger partial charge in [0, 0.05) is 18.6 Å². The van der Waals surface area contributed by atoms with Crippen LogP contribution in [0.2, 0.25) is 0 Å². The fraction of sp³-hybridized carbons (Fsp3) is 0.923. The van der Waals surface area contributed by atoms with Gasteiger partial charge in [-0.3, -0.25) is 9.69 Å². The zero-order valence-corrected chi connectivity index (χ0v) is 12.9. The van der Waals surface area contributed by atoms with Crippen molar-refractivity contribution in [3.63, 3.8) is 0 Å². The molecule has 0 aromatic carbocycles. The number of fused-ring (bicyclic) bond motifs is 1. The molecule has 112 valence electrons. The van der Waals surface area contributed by atoms with Crippen molar-refractivity contribution in [1.82, 2.24) is 10.2 Å². The molecule has 6 heteroatoms. The van der Waals surface area contributed by atoms with Gasteiger partial charge in [-0.1, -0.05) is 6.42 Å². The molecule has 0 radical (unpaired) electrons. The molecule has 3 fully saturated rings. The van der Waals surface area contributed by atoms with Gasteiger partial charge in [0.1, 0.15) is 0 Å². The summed E-state index contributed by atoms with van der Waals surface area (Å²) in [7, 11) is 0. The molecule has 2 aliphatic heterocycles. The first-order valence-corrected chi connectivity index (χ1v) is 7.03. The van der Waals surface area contributed by atoms with E-state index in [1.165, 1.54) is 25.8 Å². The summed E-state index contributed by atoms with van der Waals surface area (Å²) in [6.07, 6.45) is 7.79. The molecule has 2 heterocycles. The lowest BCUT2D eigenvalue weighted by Crippen LogP contribution is -2.61. The number of carbonyl (C=O) groups is 1. The molecule has 3 N–H and O–H groups in total. The standard InChI is InChI=1S/C13H23N3O.2ClH/c14-13(6-3-7-13)12(17)15-10-5-9-16-8-2-1-4-11(10)16;;/h10-11H,1-9,14H2,(H,15,17);2*1H. The number of rotatable bonds is 2. The molecule has 19 heavy (non-hydrogen) atoms. The highest BCUT2D eigenvalue weighted by molar-refractivity contribution is 5.87. The van der Waals surface area contributed by atoms with Crippen molar-refractivity contribution in [2.24, 2.45) is 5.73 Å². The number of hydrogen-bond donors (Lipinski definition) is 2. The van der Waals surface area contributed by atoms with Crippen LogP contribution in [-0.2, 0) is 4.79 Å². The van der Waals surface area contributed by atoms with E-state index in [1.807, 2.05) is 0 Å². The van der Waals surface area contributed by atoms with Gasteiger partial charge >= 0.3 is 0 Å². The fourth-order valence-electron chi connectivity index (χ4n) is 3.51. The highest BCUT2D eigenvalue weighted by Crippen LogP contribution is 2.31. The Kier molecular flexibility index (Phi) is 5.93. The van der Waals surface area contributed by atoms with Crippen molar-refractivity contribution in [3.05, 3.63) is 0 Å². The lowest BCUT2D eigenvalue weighted by Gasteiger charge is -2.39. The summed E-state index contributed by atoms with van der Waals surface area (Å²) in [5.74, 6) is 0.0983. The minimum atomic E-state index is -0.540. The molecule has 0 aromatic rings. The highest BCUT2D eigenvalue weighted by Gasteiger charge is 2.43. The first-order chi connectivity index (χ1) is 8.19. The van der Waals surface area contributed by atoms with Crippen LogP contribution in [-0.4, -0.2) is 41.5 Å². The summed E-state index contributed by atoms with van der Waals surface area (Å²) in [5, 5.41) is 3.21. The minimum absolute atomic E-state index is 0. The maximum absolute atomic E-state index is 12.1. The van der Waals surface area contributed by atoms with E-state index in [2.05, 4.69) is 10.2 Å². The SMILES string of the molecule is Cl.Cl.NC1(C(=O)NC2CCN3CCCCC23)CCC1. The van der Waals surface area contributed by atoms with Crippen molar-refractivity contribution in [1.29, 1.82) is 0 Å². The Balaban J connectivity index is 0.000000902. The van der Waals surface area contributed by atoms with Gasteiger partial charge in [0.05, 0.1) is 5.54 Å². The van der Waals surface area contributed by atoms with Gasteiger partial charge in [-0.15, -0.1) is 24.8 Å². The zero-order valence-electron chi connectivity index (χ0n) is 11.3. The first-order valence-electron chi connectivity index (χ1n) is 7.03. The van der Waals surface area contributed by atoms with Crippen LogP contribution in [0.5, 0.6) is 0 Å². The Morgan fingerprint density at radius 3 is 2.47 bits per heavy atom. The number of nitrogens with zero attached hydrogens (tertiary/aromatic N) is 1. The number of amides is 1. The Labute approximate surface area is 127 Å². The summed E-state index contributed by atoms with van der Waals surface area (Å²) >= 11 is 0. The molecule has 2 saturated heterocycles. The van der Waals surface area contributed by atoms with E-state index >= 15 is 0 Å². The summed E-state index contributed by atoms with van der Waals surface area (Å²) in [6.45, 7) is 2.36. The third-order valence-electron chi connectivity index (χ3n) is 4.87. The number of nitrogens with two attached hydrogens (primary N) is 1. The van der Waals surface area contributed by atoms with Gasteiger partial charge in [-0.25, -0.2) is 0 Å². The van der Waals surface area contributed by atoms with E-state index in [0.717, 1.165) is 32.2 Å². The number of nitrogens with one attached hydrogen (secondary N) is 1. The minimum Gasteiger partial charge on any atom is -0.350 e. The Morgan fingerprint density at radius 1 is 1.11 bits per heavy atom. The average molecular weight is 310 g/mol. The highest BCUT2D eigenvalue weighted by atomic mass is 35.5. The number of hydrogen-bond acceptors (Lipinski definition) is 3. The Hall–Kier alpha value is -0.0300. The van der Waals surface area contributed by atoms with Crippen LogP contribution < -0.4 is 11.1 Å². The number of halogens is 2. The van der Waals surface area contributed by atoms with E-state index in [1.54, 1.807) is 0 Å². The molecular formula is C13H25Cl2N3O. The van der Waals surface area contributed by atoms with Crippen molar-refractivity contribution < 1.29 is 4.79 Å². The van der Waals surface area contributed by atoms with Crippen LogP contribution in [0.3, 0.4) is 0 Å². The van der Waals surface area contributed by atoms with E-state index in [9.17, 15) is 4.79 Å². The molecule has 1 amide bonds. The summed E-state index contributed by atoms with van der Waals surface area (Å²) in [6, 6.07) is 0.931. The largest absolute Gasteiger partial charge is 0.350 e. The predicted molar refractivity (Wildman–Crippen MR) is 81.0 cm³/mol. The molecule has 3 aliphatic rings. The second-order valence-corrected chi connectivity index (χ2v) is 5.98. The van der Waals surface area contributed by atoms with Crippen molar-refractivity contribution in [2.45, 2.75) is 62.6 Å². The maximum atomic E-state index is 12.1. The van der Waals surface area contributed by atoms with Crippen LogP contribution in [0.1, 0.15) is 44.9 Å². The van der Waals surface area contributed by atoms with Gasteiger partial charge in [-0.2, -0.15) is 0 Å². The summed E-state index contributed by atoms with van der Waals surface area (Å²) in [5.41, 5.74) is 5.53. The number of piperidine rings is 1. The average Bonchev–Trinajstić information content (AvgIpc) is 2.70. The molecule has 0 spiro atoms. The van der Waals surface area contributed by atoms with Crippen LogP contribution in [0.4, 0.5) is 0 Å².